The second-order valence-electron chi connectivity index (χ2n) is 1.41. The van der Waals surface area contributed by atoms with Crippen LogP contribution in [0.15, 0.2) is 0 Å². The molecule has 0 spiro atoms. The molecule has 8 heavy (non-hydrogen) atoms. The number of hydrogen-bond donors (Lipinski definition) is 1. The van der Waals surface area contributed by atoms with Crippen molar-refractivity contribution in [2.45, 2.75) is 5.44 Å². The van der Waals surface area contributed by atoms with Crippen LogP contribution in [0.3, 0.4) is 0 Å². The number of carboxylic acids is 1. The first kappa shape index (κ1) is 5.91. The van der Waals surface area contributed by atoms with Gasteiger partial charge in [-0.1, -0.05) is 0 Å². The van der Waals surface area contributed by atoms with Crippen molar-refractivity contribution in [2.75, 3.05) is 12.4 Å². The third-order valence-corrected chi connectivity index (χ3v) is 1.87. The molecule has 1 fully saturated rings. The van der Waals surface area contributed by atoms with E-state index in [0.717, 1.165) is 5.75 Å². The van der Waals surface area contributed by atoms with Crippen LogP contribution in [0.25, 0.3) is 0 Å². The summed E-state index contributed by atoms with van der Waals surface area (Å²) in [5, 5.41) is 8.27. The number of ether oxygens (including phenoxy) is 1. The summed E-state index contributed by atoms with van der Waals surface area (Å²) >= 11 is 1.33. The highest BCUT2D eigenvalue weighted by molar-refractivity contribution is 8.00. The highest BCUT2D eigenvalue weighted by atomic mass is 32.2. The fraction of sp³-hybridized carbons (Fsp3) is 0.750. The molecule has 0 aromatic rings. The number of thioether (sulfide) groups is 1. The van der Waals surface area contributed by atoms with Gasteiger partial charge in [0.15, 0.2) is 0 Å². The van der Waals surface area contributed by atoms with E-state index in [2.05, 4.69) is 0 Å². The quantitative estimate of drug-likeness (QED) is 0.555. The lowest BCUT2D eigenvalue weighted by Crippen LogP contribution is -2.14. The van der Waals surface area contributed by atoms with Gasteiger partial charge >= 0.3 is 5.97 Å². The first-order chi connectivity index (χ1) is 3.80. The smallest absolute Gasteiger partial charge is 0.343 e. The van der Waals surface area contributed by atoms with Crippen LogP contribution in [0.2, 0.25) is 0 Å². The Kier molecular flexibility index (Phi) is 1.75. The predicted molar refractivity (Wildman–Crippen MR) is 29.8 cm³/mol. The van der Waals surface area contributed by atoms with Crippen LogP contribution in [-0.2, 0) is 9.53 Å². The molecular weight excluding hydrogens is 128 g/mol. The van der Waals surface area contributed by atoms with Crippen LogP contribution >= 0.6 is 11.8 Å². The first-order valence-electron chi connectivity index (χ1n) is 2.27. The molecule has 0 bridgehead atoms. The lowest BCUT2D eigenvalue weighted by Gasteiger charge is -1.97. The molecule has 1 aliphatic rings. The molecule has 0 amide bonds. The summed E-state index contributed by atoms with van der Waals surface area (Å²) in [7, 11) is 0. The van der Waals surface area contributed by atoms with Crippen molar-refractivity contribution in [3.63, 3.8) is 0 Å². The Morgan fingerprint density at radius 2 is 2.62 bits per heavy atom. The minimum atomic E-state index is -0.868. The molecule has 0 unspecified atom stereocenters. The summed E-state index contributed by atoms with van der Waals surface area (Å²) in [6.45, 7) is 0.571. The van der Waals surface area contributed by atoms with E-state index in [4.69, 9.17) is 9.84 Å². The van der Waals surface area contributed by atoms with Crippen molar-refractivity contribution in [3.8, 4) is 0 Å². The SMILES string of the molecule is O=C(O)[C@H]1OCCS1. The van der Waals surface area contributed by atoms with E-state index in [0.29, 0.717) is 6.61 Å². The monoisotopic (exact) mass is 134 g/mol. The molecule has 1 aliphatic heterocycles. The van der Waals surface area contributed by atoms with Crippen molar-refractivity contribution < 1.29 is 14.6 Å². The maximum absolute atomic E-state index is 10.1. The van der Waals surface area contributed by atoms with Gasteiger partial charge in [0, 0.05) is 5.75 Å². The maximum Gasteiger partial charge on any atom is 0.343 e. The lowest BCUT2D eigenvalue weighted by molar-refractivity contribution is -0.143. The highest BCUT2D eigenvalue weighted by Gasteiger charge is 2.22. The molecule has 4 heteroatoms. The van der Waals surface area contributed by atoms with Crippen molar-refractivity contribution >= 4 is 17.7 Å². The molecule has 0 saturated carbocycles. The Hall–Kier alpha value is -0.220. The van der Waals surface area contributed by atoms with Gasteiger partial charge in [-0.3, -0.25) is 0 Å². The largest absolute Gasteiger partial charge is 0.479 e. The minimum absolute atomic E-state index is 0.571. The summed E-state index contributed by atoms with van der Waals surface area (Å²) in [6, 6.07) is 0. The Bertz CT molecular complexity index is 97.5. The van der Waals surface area contributed by atoms with Crippen LogP contribution in [-0.4, -0.2) is 28.9 Å². The zero-order chi connectivity index (χ0) is 5.98. The maximum atomic E-state index is 10.1. The van der Waals surface area contributed by atoms with E-state index in [1.54, 1.807) is 0 Å². The number of carbonyl (C=O) groups is 1. The van der Waals surface area contributed by atoms with Gasteiger partial charge in [-0.2, -0.15) is 0 Å². The molecule has 3 nitrogen and oxygen atoms in total. The fourth-order valence-corrected chi connectivity index (χ4v) is 1.24. The van der Waals surface area contributed by atoms with Gasteiger partial charge in [0.2, 0.25) is 5.44 Å². The van der Waals surface area contributed by atoms with Crippen LogP contribution in [0, 0.1) is 0 Å². The second-order valence-corrected chi connectivity index (χ2v) is 2.58. The molecule has 0 aliphatic carbocycles. The van der Waals surface area contributed by atoms with Crippen LogP contribution in [0.1, 0.15) is 0 Å². The second kappa shape index (κ2) is 2.37. The topological polar surface area (TPSA) is 46.5 Å². The van der Waals surface area contributed by atoms with E-state index in [9.17, 15) is 4.79 Å². The predicted octanol–water partition coefficient (Wildman–Crippen LogP) is 0.160. The average Bonchev–Trinajstić information content (AvgIpc) is 2.12. The number of hydrogen-bond acceptors (Lipinski definition) is 3. The highest BCUT2D eigenvalue weighted by Crippen LogP contribution is 2.18. The number of rotatable bonds is 1. The van der Waals surface area contributed by atoms with Crippen LogP contribution < -0.4 is 0 Å². The van der Waals surface area contributed by atoms with E-state index in [1.807, 2.05) is 0 Å². The minimum Gasteiger partial charge on any atom is -0.479 e. The van der Waals surface area contributed by atoms with Crippen molar-refractivity contribution in [3.05, 3.63) is 0 Å². The van der Waals surface area contributed by atoms with Crippen molar-refractivity contribution in [1.29, 1.82) is 0 Å². The van der Waals surface area contributed by atoms with E-state index in [1.165, 1.54) is 11.8 Å². The summed E-state index contributed by atoms with van der Waals surface area (Å²) in [5.74, 6) is -0.0655. The zero-order valence-electron chi connectivity index (χ0n) is 4.16. The van der Waals surface area contributed by atoms with Crippen LogP contribution in [0.5, 0.6) is 0 Å². The number of aliphatic carboxylic acids is 1. The molecule has 0 aromatic heterocycles. The van der Waals surface area contributed by atoms with Crippen LogP contribution in [0.4, 0.5) is 0 Å². The first-order valence-corrected chi connectivity index (χ1v) is 3.31. The lowest BCUT2D eigenvalue weighted by atomic mass is 10.7. The van der Waals surface area contributed by atoms with Gasteiger partial charge in [-0.15, -0.1) is 11.8 Å². The molecule has 1 atom stereocenters. The Balaban J connectivity index is 2.35. The molecule has 46 valence electrons. The third kappa shape index (κ3) is 1.14. The fourth-order valence-electron chi connectivity index (χ4n) is 0.501. The number of carboxylic acid groups (broad SMARTS) is 1. The molecule has 1 N–H and O–H groups in total. The van der Waals surface area contributed by atoms with Gasteiger partial charge in [-0.05, 0) is 0 Å². The average molecular weight is 134 g/mol. The van der Waals surface area contributed by atoms with E-state index in [-0.39, 0.29) is 0 Å². The summed E-state index contributed by atoms with van der Waals surface area (Å²) in [4.78, 5) is 10.1. The molecule has 0 aromatic carbocycles. The molecule has 1 saturated heterocycles. The molecule has 1 rings (SSSR count). The third-order valence-electron chi connectivity index (χ3n) is 0.823. The Labute approximate surface area is 51.0 Å². The molecule has 0 radical (unpaired) electrons. The zero-order valence-corrected chi connectivity index (χ0v) is 4.98. The van der Waals surface area contributed by atoms with Gasteiger partial charge in [0.25, 0.3) is 0 Å². The summed E-state index contributed by atoms with van der Waals surface area (Å²) < 4.78 is 4.78. The van der Waals surface area contributed by atoms with Crippen molar-refractivity contribution in [2.24, 2.45) is 0 Å². The standard InChI is InChI=1S/C4H6O3S/c5-3(6)4-7-1-2-8-4/h4H,1-2H2,(H,5,6)/t4-/m0/s1. The van der Waals surface area contributed by atoms with Gasteiger partial charge in [0.05, 0.1) is 6.61 Å². The van der Waals surface area contributed by atoms with Gasteiger partial charge in [-0.25, -0.2) is 4.79 Å². The van der Waals surface area contributed by atoms with Crippen molar-refractivity contribution in [1.82, 2.24) is 0 Å². The molecule has 1 heterocycles. The Morgan fingerprint density at radius 1 is 1.88 bits per heavy atom. The van der Waals surface area contributed by atoms with E-state index >= 15 is 0 Å². The van der Waals surface area contributed by atoms with Gasteiger partial charge in [0.1, 0.15) is 0 Å². The van der Waals surface area contributed by atoms with Gasteiger partial charge < -0.3 is 9.84 Å². The molecular formula is C4H6O3S. The normalized spacial score (nSPS) is 28.2. The summed E-state index contributed by atoms with van der Waals surface area (Å²) in [6.07, 6.45) is 0. The van der Waals surface area contributed by atoms with E-state index < -0.39 is 11.4 Å². The summed E-state index contributed by atoms with van der Waals surface area (Å²) in [5.41, 5.74) is -0.602. The Morgan fingerprint density at radius 3 is 2.88 bits per heavy atom.